The van der Waals surface area contributed by atoms with Crippen molar-refractivity contribution >= 4 is 9.28 Å². The minimum Gasteiger partial charge on any atom is -0.494 e. The summed E-state index contributed by atoms with van der Waals surface area (Å²) in [6.45, 7) is 11.5. The summed E-state index contributed by atoms with van der Waals surface area (Å²) < 4.78 is 18.0. The van der Waals surface area contributed by atoms with Gasteiger partial charge in [0.1, 0.15) is 5.75 Å². The van der Waals surface area contributed by atoms with Crippen molar-refractivity contribution in [3.05, 3.63) is 29.8 Å². The lowest BCUT2D eigenvalue weighted by molar-refractivity contribution is 0.129. The van der Waals surface area contributed by atoms with Crippen LogP contribution >= 0.6 is 0 Å². The average Bonchev–Trinajstić information content (AvgIpc) is 2.71. The first-order valence-corrected chi connectivity index (χ1v) is 14.3. The molecule has 1 aromatic carbocycles. The Morgan fingerprint density at radius 3 is 2.07 bits per heavy atom. The largest absolute Gasteiger partial charge is 0.494 e. The van der Waals surface area contributed by atoms with E-state index >= 15 is 0 Å². The third-order valence-electron chi connectivity index (χ3n) is 6.10. The van der Waals surface area contributed by atoms with E-state index in [1.807, 2.05) is 0 Å². The number of unbranched alkanes of at least 4 members (excludes halogenated alkanes) is 2. The monoisotopic (exact) mass is 434 g/mol. The Balaban J connectivity index is 1.61. The molecular formula is C26H46O3Si. The van der Waals surface area contributed by atoms with E-state index in [-0.39, 0.29) is 12.2 Å². The standard InChI is InChI=1S/C26H46O3Si/c1-6-10-23-11-13-24(14-12-23)25-15-17-26(18-16-25)27-19-8-7-9-20-30(28-21(2)3)29-22(4)5/h15-18,21-24,30H,6-14,19-20H2,1-5H3. The first-order valence-electron chi connectivity index (χ1n) is 12.5. The van der Waals surface area contributed by atoms with Gasteiger partial charge in [-0.15, -0.1) is 0 Å². The highest BCUT2D eigenvalue weighted by Gasteiger charge is 2.21. The molecule has 0 atom stereocenters. The fourth-order valence-electron chi connectivity index (χ4n) is 4.58. The van der Waals surface area contributed by atoms with Crippen LogP contribution in [-0.2, 0) is 8.85 Å². The van der Waals surface area contributed by atoms with Gasteiger partial charge in [0.25, 0.3) is 0 Å². The van der Waals surface area contributed by atoms with Crippen molar-refractivity contribution in [2.75, 3.05) is 6.61 Å². The van der Waals surface area contributed by atoms with Gasteiger partial charge >= 0.3 is 9.28 Å². The first kappa shape index (κ1) is 25.4. The van der Waals surface area contributed by atoms with Gasteiger partial charge in [0.15, 0.2) is 0 Å². The fourth-order valence-corrected chi connectivity index (χ4v) is 6.76. The molecule has 0 N–H and O–H groups in total. The maximum atomic E-state index is 6.00. The summed E-state index contributed by atoms with van der Waals surface area (Å²) >= 11 is 0. The second kappa shape index (κ2) is 14.3. The molecule has 30 heavy (non-hydrogen) atoms. The number of benzene rings is 1. The zero-order valence-electron chi connectivity index (χ0n) is 20.2. The molecule has 1 saturated carbocycles. The van der Waals surface area contributed by atoms with E-state index in [0.29, 0.717) is 0 Å². The number of rotatable bonds is 14. The third-order valence-corrected chi connectivity index (χ3v) is 8.67. The summed E-state index contributed by atoms with van der Waals surface area (Å²) in [5.74, 6) is 2.74. The van der Waals surface area contributed by atoms with Crippen molar-refractivity contribution in [1.29, 1.82) is 0 Å². The lowest BCUT2D eigenvalue weighted by Crippen LogP contribution is -2.29. The molecule has 0 amide bonds. The van der Waals surface area contributed by atoms with E-state index in [9.17, 15) is 0 Å². The summed E-state index contributed by atoms with van der Waals surface area (Å²) in [6.07, 6.45) is 12.2. The summed E-state index contributed by atoms with van der Waals surface area (Å²) in [6, 6.07) is 10.0. The number of ether oxygens (including phenoxy) is 1. The van der Waals surface area contributed by atoms with Crippen LogP contribution in [0, 0.1) is 5.92 Å². The summed E-state index contributed by atoms with van der Waals surface area (Å²) in [7, 11) is -1.53. The summed E-state index contributed by atoms with van der Waals surface area (Å²) in [5, 5.41) is 0. The smallest absolute Gasteiger partial charge is 0.321 e. The fraction of sp³-hybridized carbons (Fsp3) is 0.769. The molecule has 172 valence electrons. The highest BCUT2D eigenvalue weighted by molar-refractivity contribution is 6.44. The normalized spacial score (nSPS) is 19.7. The maximum Gasteiger partial charge on any atom is 0.321 e. The molecule has 0 aliphatic heterocycles. The Hall–Kier alpha value is -0.843. The molecule has 0 heterocycles. The molecule has 0 unspecified atom stereocenters. The van der Waals surface area contributed by atoms with Crippen LogP contribution in [0.5, 0.6) is 5.75 Å². The molecule has 0 aromatic heterocycles. The van der Waals surface area contributed by atoms with Crippen LogP contribution in [0.15, 0.2) is 24.3 Å². The van der Waals surface area contributed by atoms with Crippen LogP contribution in [0.25, 0.3) is 0 Å². The van der Waals surface area contributed by atoms with E-state index in [1.54, 1.807) is 0 Å². The van der Waals surface area contributed by atoms with E-state index in [0.717, 1.165) is 36.7 Å². The molecule has 2 rings (SSSR count). The highest BCUT2D eigenvalue weighted by Crippen LogP contribution is 2.37. The van der Waals surface area contributed by atoms with Crippen molar-refractivity contribution in [2.45, 2.75) is 117 Å². The Morgan fingerprint density at radius 1 is 0.867 bits per heavy atom. The Labute approximate surface area is 187 Å². The van der Waals surface area contributed by atoms with Gasteiger partial charge in [0.05, 0.1) is 6.61 Å². The lowest BCUT2D eigenvalue weighted by atomic mass is 9.77. The van der Waals surface area contributed by atoms with Gasteiger partial charge in [-0.05, 0) is 95.4 Å². The molecule has 3 nitrogen and oxygen atoms in total. The van der Waals surface area contributed by atoms with Crippen molar-refractivity contribution < 1.29 is 13.6 Å². The molecule has 4 heteroatoms. The van der Waals surface area contributed by atoms with Gasteiger partial charge in [-0.2, -0.15) is 0 Å². The molecule has 1 fully saturated rings. The Morgan fingerprint density at radius 2 is 1.50 bits per heavy atom. The molecule has 0 bridgehead atoms. The van der Waals surface area contributed by atoms with Gasteiger partial charge in [-0.25, -0.2) is 0 Å². The molecule has 1 aliphatic rings. The van der Waals surface area contributed by atoms with Gasteiger partial charge in [0, 0.05) is 12.2 Å². The van der Waals surface area contributed by atoms with Crippen molar-refractivity contribution in [3.63, 3.8) is 0 Å². The predicted octanol–water partition coefficient (Wildman–Crippen LogP) is 7.38. The molecule has 1 aromatic rings. The second-order valence-electron chi connectivity index (χ2n) is 9.57. The van der Waals surface area contributed by atoms with Gasteiger partial charge in [0.2, 0.25) is 0 Å². The van der Waals surface area contributed by atoms with E-state index in [1.165, 1.54) is 56.9 Å². The Bertz CT molecular complexity index is 540. The van der Waals surface area contributed by atoms with Gasteiger partial charge in [-0.3, -0.25) is 0 Å². The van der Waals surface area contributed by atoms with Gasteiger partial charge < -0.3 is 13.6 Å². The van der Waals surface area contributed by atoms with E-state index < -0.39 is 9.28 Å². The third kappa shape index (κ3) is 9.98. The van der Waals surface area contributed by atoms with Crippen LogP contribution in [0.3, 0.4) is 0 Å². The number of hydrogen-bond donors (Lipinski definition) is 0. The summed E-state index contributed by atoms with van der Waals surface area (Å²) in [4.78, 5) is 0. The topological polar surface area (TPSA) is 27.7 Å². The predicted molar refractivity (Wildman–Crippen MR) is 130 cm³/mol. The summed E-state index contributed by atoms with van der Waals surface area (Å²) in [5.41, 5.74) is 1.50. The minimum absolute atomic E-state index is 0.262. The quantitative estimate of drug-likeness (QED) is 0.226. The second-order valence-corrected chi connectivity index (χ2v) is 11.6. The highest BCUT2D eigenvalue weighted by atomic mass is 28.3. The van der Waals surface area contributed by atoms with E-state index in [4.69, 9.17) is 13.6 Å². The van der Waals surface area contributed by atoms with Crippen molar-refractivity contribution in [2.24, 2.45) is 5.92 Å². The van der Waals surface area contributed by atoms with Crippen molar-refractivity contribution in [1.82, 2.24) is 0 Å². The Kier molecular flexibility index (Phi) is 12.1. The minimum atomic E-state index is -1.53. The lowest BCUT2D eigenvalue weighted by Gasteiger charge is -2.28. The molecule has 0 spiro atoms. The van der Waals surface area contributed by atoms with Crippen molar-refractivity contribution in [3.8, 4) is 5.75 Å². The first-order chi connectivity index (χ1) is 14.5. The zero-order chi connectivity index (χ0) is 21.8. The van der Waals surface area contributed by atoms with E-state index in [2.05, 4.69) is 58.9 Å². The number of hydrogen-bond acceptors (Lipinski definition) is 3. The SMILES string of the molecule is CCCC1CCC(c2ccc(OCCCCC[SiH](OC(C)C)OC(C)C)cc2)CC1. The van der Waals surface area contributed by atoms with Crippen LogP contribution in [0.4, 0.5) is 0 Å². The molecule has 0 radical (unpaired) electrons. The van der Waals surface area contributed by atoms with Crippen LogP contribution < -0.4 is 4.74 Å². The zero-order valence-corrected chi connectivity index (χ0v) is 21.4. The molecule has 1 aliphatic carbocycles. The molecular weight excluding hydrogens is 388 g/mol. The van der Waals surface area contributed by atoms with Crippen LogP contribution in [-0.4, -0.2) is 28.1 Å². The van der Waals surface area contributed by atoms with Crippen LogP contribution in [0.2, 0.25) is 6.04 Å². The average molecular weight is 435 g/mol. The molecule has 0 saturated heterocycles. The maximum absolute atomic E-state index is 6.00. The van der Waals surface area contributed by atoms with Gasteiger partial charge in [-0.1, -0.05) is 44.7 Å². The van der Waals surface area contributed by atoms with Crippen LogP contribution in [0.1, 0.15) is 104 Å².